The van der Waals surface area contributed by atoms with Gasteiger partial charge in [-0.3, -0.25) is 0 Å². The molecule has 0 radical (unpaired) electrons. The number of hydrogen-bond donors (Lipinski definition) is 2. The molecule has 0 saturated heterocycles. The predicted molar refractivity (Wildman–Crippen MR) is 116 cm³/mol. The number of nitrogens with one attached hydrogen (secondary N) is 1. The van der Waals surface area contributed by atoms with E-state index in [1.165, 1.54) is 6.42 Å². The second-order valence-electron chi connectivity index (χ2n) is 7.18. The van der Waals surface area contributed by atoms with Gasteiger partial charge in [-0.1, -0.05) is 54.1 Å². The van der Waals surface area contributed by atoms with Gasteiger partial charge in [0, 0.05) is 23.7 Å². The quantitative estimate of drug-likeness (QED) is 0.615. The van der Waals surface area contributed by atoms with Crippen LogP contribution in [0.1, 0.15) is 37.9 Å². The van der Waals surface area contributed by atoms with Crippen LogP contribution < -0.4 is 20.5 Å². The molecule has 0 spiro atoms. The summed E-state index contributed by atoms with van der Waals surface area (Å²) in [7, 11) is 3.13. The van der Waals surface area contributed by atoms with Crippen LogP contribution in [-0.4, -0.2) is 41.3 Å². The van der Waals surface area contributed by atoms with Crippen molar-refractivity contribution in [3.8, 4) is 22.9 Å². The SMILES string of the molecule is COc1cc(OC)cc(-c2nc(NCC3(N)CCCCC3)nc(C(Cl)(Cl)Cl)n2)c1. The van der Waals surface area contributed by atoms with E-state index < -0.39 is 3.79 Å². The average Bonchev–Trinajstić information content (AvgIpc) is 2.71. The fourth-order valence-corrected chi connectivity index (χ4v) is 3.59. The maximum Gasteiger partial charge on any atom is 0.250 e. The van der Waals surface area contributed by atoms with Gasteiger partial charge < -0.3 is 20.5 Å². The zero-order valence-corrected chi connectivity index (χ0v) is 18.6. The summed E-state index contributed by atoms with van der Waals surface area (Å²) < 4.78 is 8.85. The van der Waals surface area contributed by atoms with E-state index in [2.05, 4.69) is 20.3 Å². The number of halogens is 3. The summed E-state index contributed by atoms with van der Waals surface area (Å²) in [5.74, 6) is 1.83. The minimum Gasteiger partial charge on any atom is -0.497 e. The number of methoxy groups -OCH3 is 2. The molecule has 1 saturated carbocycles. The average molecular weight is 461 g/mol. The first kappa shape index (κ1) is 22.2. The Morgan fingerprint density at radius 2 is 1.62 bits per heavy atom. The Morgan fingerprint density at radius 1 is 1.00 bits per heavy atom. The van der Waals surface area contributed by atoms with Crippen molar-refractivity contribution in [3.63, 3.8) is 0 Å². The van der Waals surface area contributed by atoms with E-state index in [4.69, 9.17) is 50.0 Å². The zero-order valence-electron chi connectivity index (χ0n) is 16.3. The Morgan fingerprint density at radius 3 is 2.17 bits per heavy atom. The number of aromatic nitrogens is 3. The van der Waals surface area contributed by atoms with Crippen molar-refractivity contribution >= 4 is 40.8 Å². The number of nitrogens with zero attached hydrogens (tertiary/aromatic N) is 3. The van der Waals surface area contributed by atoms with Crippen LogP contribution in [0.4, 0.5) is 5.95 Å². The van der Waals surface area contributed by atoms with Crippen LogP contribution in [0.3, 0.4) is 0 Å². The smallest absolute Gasteiger partial charge is 0.250 e. The Bertz CT molecular complexity index is 832. The van der Waals surface area contributed by atoms with Gasteiger partial charge in [-0.05, 0) is 25.0 Å². The molecule has 0 unspecified atom stereocenters. The first-order valence-corrected chi connectivity index (χ1v) is 10.5. The lowest BCUT2D eigenvalue weighted by Gasteiger charge is -2.33. The fraction of sp³-hybridized carbons (Fsp3) is 0.526. The molecule has 1 aliphatic carbocycles. The lowest BCUT2D eigenvalue weighted by molar-refractivity contribution is 0.310. The van der Waals surface area contributed by atoms with Crippen molar-refractivity contribution in [1.82, 2.24) is 15.0 Å². The molecule has 7 nitrogen and oxygen atoms in total. The molecule has 3 rings (SSSR count). The highest BCUT2D eigenvalue weighted by atomic mass is 35.6. The standard InChI is InChI=1S/C19H24Cl3N5O2/c1-28-13-8-12(9-14(10-13)29-2)15-25-16(19(20,21)22)27-17(26-15)24-11-18(23)6-4-3-5-7-18/h8-10H,3-7,11,23H2,1-2H3,(H,24,25,26,27). The van der Waals surface area contributed by atoms with Gasteiger partial charge in [-0.25, -0.2) is 4.98 Å². The fourth-order valence-electron chi connectivity index (χ4n) is 3.34. The van der Waals surface area contributed by atoms with E-state index in [1.807, 2.05) is 0 Å². The van der Waals surface area contributed by atoms with Gasteiger partial charge in [0.2, 0.25) is 9.74 Å². The molecule has 1 heterocycles. The third-order valence-electron chi connectivity index (χ3n) is 4.95. The third-order valence-corrected chi connectivity index (χ3v) is 5.45. The molecule has 1 aliphatic rings. The summed E-state index contributed by atoms with van der Waals surface area (Å²) in [6.07, 6.45) is 5.34. The molecule has 1 aromatic heterocycles. The first-order valence-electron chi connectivity index (χ1n) is 9.32. The van der Waals surface area contributed by atoms with Gasteiger partial charge in [0.05, 0.1) is 14.2 Å². The number of rotatable bonds is 6. The molecule has 2 aromatic rings. The molecule has 0 amide bonds. The molecule has 0 atom stereocenters. The van der Waals surface area contributed by atoms with Crippen LogP contribution in [0.5, 0.6) is 11.5 Å². The highest BCUT2D eigenvalue weighted by Crippen LogP contribution is 2.37. The molecule has 1 fully saturated rings. The van der Waals surface area contributed by atoms with Gasteiger partial charge in [-0.15, -0.1) is 0 Å². The van der Waals surface area contributed by atoms with Crippen LogP contribution in [-0.2, 0) is 3.79 Å². The van der Waals surface area contributed by atoms with Crippen molar-refractivity contribution in [2.24, 2.45) is 5.73 Å². The third kappa shape index (κ3) is 5.75. The summed E-state index contributed by atoms with van der Waals surface area (Å²) in [6.45, 7) is 0.525. The Kier molecular flexibility index (Phi) is 6.94. The topological polar surface area (TPSA) is 95.2 Å². The first-order chi connectivity index (χ1) is 13.7. The van der Waals surface area contributed by atoms with Gasteiger partial charge in [-0.2, -0.15) is 9.97 Å². The molecular formula is C19H24Cl3N5O2. The minimum absolute atomic E-state index is 0.0199. The van der Waals surface area contributed by atoms with Gasteiger partial charge >= 0.3 is 0 Å². The number of benzene rings is 1. The summed E-state index contributed by atoms with van der Waals surface area (Å²) in [4.78, 5) is 13.1. The number of alkyl halides is 3. The maximum absolute atomic E-state index is 6.51. The number of nitrogens with two attached hydrogens (primary N) is 1. The summed E-state index contributed by atoms with van der Waals surface area (Å²) in [5.41, 5.74) is 6.85. The van der Waals surface area contributed by atoms with E-state index in [9.17, 15) is 0 Å². The minimum atomic E-state index is -1.80. The molecule has 10 heteroatoms. The molecule has 158 valence electrons. The van der Waals surface area contributed by atoms with Gasteiger partial charge in [0.1, 0.15) is 11.5 Å². The second kappa shape index (κ2) is 9.08. The Balaban J connectivity index is 1.96. The summed E-state index contributed by atoms with van der Waals surface area (Å²) in [5, 5.41) is 3.21. The number of hydrogen-bond acceptors (Lipinski definition) is 7. The molecule has 1 aromatic carbocycles. The Hall–Kier alpha value is -1.54. The van der Waals surface area contributed by atoms with Crippen molar-refractivity contribution in [2.45, 2.75) is 41.4 Å². The van der Waals surface area contributed by atoms with Crippen molar-refractivity contribution in [1.29, 1.82) is 0 Å². The number of anilines is 1. The molecule has 3 N–H and O–H groups in total. The summed E-state index contributed by atoms with van der Waals surface area (Å²) in [6, 6.07) is 5.30. The van der Waals surface area contributed by atoms with Crippen LogP contribution in [0.15, 0.2) is 18.2 Å². The van der Waals surface area contributed by atoms with E-state index in [-0.39, 0.29) is 11.4 Å². The van der Waals surface area contributed by atoms with Gasteiger partial charge in [0.25, 0.3) is 0 Å². The normalized spacial score (nSPS) is 16.3. The lowest BCUT2D eigenvalue weighted by Crippen LogP contribution is -2.47. The molecule has 0 bridgehead atoms. The second-order valence-corrected chi connectivity index (χ2v) is 9.46. The van der Waals surface area contributed by atoms with Crippen molar-refractivity contribution in [3.05, 3.63) is 24.0 Å². The molecule has 0 aliphatic heterocycles. The van der Waals surface area contributed by atoms with E-state index >= 15 is 0 Å². The molecular weight excluding hydrogens is 437 g/mol. The van der Waals surface area contributed by atoms with Crippen molar-refractivity contribution < 1.29 is 9.47 Å². The van der Waals surface area contributed by atoms with Crippen LogP contribution in [0, 0.1) is 0 Å². The van der Waals surface area contributed by atoms with E-state index in [1.54, 1.807) is 32.4 Å². The van der Waals surface area contributed by atoms with Crippen LogP contribution >= 0.6 is 34.8 Å². The predicted octanol–water partition coefficient (Wildman–Crippen LogP) is 4.46. The highest BCUT2D eigenvalue weighted by molar-refractivity contribution is 6.66. The summed E-state index contributed by atoms with van der Waals surface area (Å²) >= 11 is 18.2. The molecule has 29 heavy (non-hydrogen) atoms. The highest BCUT2D eigenvalue weighted by Gasteiger charge is 2.30. The zero-order chi connectivity index (χ0) is 21.1. The largest absolute Gasteiger partial charge is 0.497 e. The van der Waals surface area contributed by atoms with Crippen LogP contribution in [0.25, 0.3) is 11.4 Å². The lowest BCUT2D eigenvalue weighted by atomic mass is 9.82. The monoisotopic (exact) mass is 459 g/mol. The Labute approximate surface area is 185 Å². The van der Waals surface area contributed by atoms with Gasteiger partial charge in [0.15, 0.2) is 11.6 Å². The van der Waals surface area contributed by atoms with Crippen molar-refractivity contribution in [2.75, 3.05) is 26.1 Å². The maximum atomic E-state index is 6.51. The van der Waals surface area contributed by atoms with Crippen LogP contribution in [0.2, 0.25) is 0 Å². The van der Waals surface area contributed by atoms with E-state index in [0.717, 1.165) is 25.7 Å². The van der Waals surface area contributed by atoms with E-state index in [0.29, 0.717) is 35.4 Å². The number of ether oxygens (including phenoxy) is 2.